The molecule has 0 aliphatic heterocycles. The number of carbonyl (C=O) groups excluding carboxylic acids is 1. The number of benzene rings is 2. The van der Waals surface area contributed by atoms with Crippen LogP contribution >= 0.6 is 0 Å². The SMILES string of the molecule is O=C(NCC(O)COc1cccc(F)c1)c1ccc2cc[nH]c2c1. The predicted octanol–water partition coefficient (Wildman–Crippen LogP) is 2.48. The van der Waals surface area contributed by atoms with E-state index >= 15 is 0 Å². The van der Waals surface area contributed by atoms with E-state index in [1.165, 1.54) is 18.2 Å². The van der Waals surface area contributed by atoms with Crippen LogP contribution < -0.4 is 10.1 Å². The second kappa shape index (κ2) is 7.14. The molecule has 6 heteroatoms. The summed E-state index contributed by atoms with van der Waals surface area (Å²) in [6.07, 6.45) is 0.909. The number of ether oxygens (including phenoxy) is 1. The molecular formula is C18H17FN2O3. The summed E-state index contributed by atoms with van der Waals surface area (Å²) in [6, 6.07) is 12.9. The molecule has 0 spiro atoms. The Morgan fingerprint density at radius 3 is 2.96 bits per heavy atom. The molecule has 1 amide bonds. The Balaban J connectivity index is 1.50. The predicted molar refractivity (Wildman–Crippen MR) is 88.5 cm³/mol. The molecule has 0 saturated heterocycles. The van der Waals surface area contributed by atoms with Crippen LogP contribution in [-0.2, 0) is 0 Å². The maximum atomic E-state index is 13.0. The Bertz CT molecular complexity index is 847. The Morgan fingerprint density at radius 2 is 2.12 bits per heavy atom. The van der Waals surface area contributed by atoms with E-state index in [9.17, 15) is 14.3 Å². The van der Waals surface area contributed by atoms with Crippen molar-refractivity contribution in [2.24, 2.45) is 0 Å². The monoisotopic (exact) mass is 328 g/mol. The fourth-order valence-corrected chi connectivity index (χ4v) is 2.31. The van der Waals surface area contributed by atoms with E-state index in [0.717, 1.165) is 10.9 Å². The molecule has 0 bridgehead atoms. The van der Waals surface area contributed by atoms with E-state index in [2.05, 4.69) is 10.3 Å². The van der Waals surface area contributed by atoms with E-state index in [1.807, 2.05) is 12.1 Å². The highest BCUT2D eigenvalue weighted by atomic mass is 19.1. The number of H-pyrrole nitrogens is 1. The summed E-state index contributed by atoms with van der Waals surface area (Å²) in [7, 11) is 0. The van der Waals surface area contributed by atoms with Crippen LogP contribution in [0.15, 0.2) is 54.7 Å². The molecule has 1 unspecified atom stereocenters. The number of aromatic nitrogens is 1. The minimum Gasteiger partial charge on any atom is -0.491 e. The van der Waals surface area contributed by atoms with Gasteiger partial charge >= 0.3 is 0 Å². The van der Waals surface area contributed by atoms with E-state index in [4.69, 9.17) is 4.74 Å². The fraction of sp³-hybridized carbons (Fsp3) is 0.167. The Morgan fingerprint density at radius 1 is 1.25 bits per heavy atom. The van der Waals surface area contributed by atoms with Crippen LogP contribution in [0.5, 0.6) is 5.75 Å². The summed E-state index contributed by atoms with van der Waals surface area (Å²) in [5, 5.41) is 13.5. The molecular weight excluding hydrogens is 311 g/mol. The van der Waals surface area contributed by atoms with Gasteiger partial charge in [-0.15, -0.1) is 0 Å². The highest BCUT2D eigenvalue weighted by Gasteiger charge is 2.11. The minimum absolute atomic E-state index is 0.0386. The maximum Gasteiger partial charge on any atom is 0.251 e. The number of aliphatic hydroxyl groups is 1. The minimum atomic E-state index is -0.897. The Labute approximate surface area is 138 Å². The van der Waals surface area contributed by atoms with Gasteiger partial charge in [0.05, 0.1) is 0 Å². The molecule has 0 fully saturated rings. The van der Waals surface area contributed by atoms with Crippen molar-refractivity contribution in [1.29, 1.82) is 0 Å². The normalized spacial score (nSPS) is 12.1. The molecule has 124 valence electrons. The number of nitrogens with one attached hydrogen (secondary N) is 2. The van der Waals surface area contributed by atoms with Gasteiger partial charge in [-0.1, -0.05) is 12.1 Å². The van der Waals surface area contributed by atoms with Crippen molar-refractivity contribution < 1.29 is 19.0 Å². The Hall–Kier alpha value is -2.86. The number of halogens is 1. The van der Waals surface area contributed by atoms with E-state index in [0.29, 0.717) is 11.3 Å². The van der Waals surface area contributed by atoms with Gasteiger partial charge in [-0.2, -0.15) is 0 Å². The first kappa shape index (κ1) is 16.0. The number of rotatable bonds is 6. The average molecular weight is 328 g/mol. The van der Waals surface area contributed by atoms with E-state index in [1.54, 1.807) is 24.4 Å². The first-order valence-corrected chi connectivity index (χ1v) is 7.53. The topological polar surface area (TPSA) is 74.3 Å². The molecule has 0 radical (unpaired) electrons. The van der Waals surface area contributed by atoms with Crippen molar-refractivity contribution in [3.8, 4) is 5.75 Å². The number of hydrogen-bond donors (Lipinski definition) is 3. The molecule has 0 aliphatic rings. The summed E-state index contributed by atoms with van der Waals surface area (Å²) < 4.78 is 18.3. The summed E-state index contributed by atoms with van der Waals surface area (Å²) >= 11 is 0. The third-order valence-corrected chi connectivity index (χ3v) is 3.55. The fourth-order valence-electron chi connectivity index (χ4n) is 2.31. The molecule has 3 rings (SSSR count). The lowest BCUT2D eigenvalue weighted by Crippen LogP contribution is -2.35. The third-order valence-electron chi connectivity index (χ3n) is 3.55. The quantitative estimate of drug-likeness (QED) is 0.651. The second-order valence-corrected chi connectivity index (χ2v) is 5.41. The summed E-state index contributed by atoms with van der Waals surface area (Å²) in [6.45, 7) is -0.00366. The van der Waals surface area contributed by atoms with Gasteiger partial charge in [-0.25, -0.2) is 4.39 Å². The molecule has 2 aromatic carbocycles. The second-order valence-electron chi connectivity index (χ2n) is 5.41. The van der Waals surface area contributed by atoms with Gasteiger partial charge in [0.2, 0.25) is 0 Å². The number of amides is 1. The lowest BCUT2D eigenvalue weighted by Gasteiger charge is -2.13. The number of carbonyl (C=O) groups is 1. The van der Waals surface area contributed by atoms with Crippen molar-refractivity contribution in [2.75, 3.05) is 13.2 Å². The zero-order valence-corrected chi connectivity index (χ0v) is 12.8. The van der Waals surface area contributed by atoms with Crippen molar-refractivity contribution in [3.05, 3.63) is 66.1 Å². The highest BCUT2D eigenvalue weighted by molar-refractivity contribution is 5.97. The average Bonchev–Trinajstić information content (AvgIpc) is 3.05. The number of hydrogen-bond acceptors (Lipinski definition) is 3. The number of aliphatic hydroxyl groups excluding tert-OH is 1. The van der Waals surface area contributed by atoms with Crippen molar-refractivity contribution in [1.82, 2.24) is 10.3 Å². The van der Waals surface area contributed by atoms with Crippen molar-refractivity contribution >= 4 is 16.8 Å². The van der Waals surface area contributed by atoms with Gasteiger partial charge in [0, 0.05) is 29.9 Å². The van der Waals surface area contributed by atoms with Crippen LogP contribution in [0.3, 0.4) is 0 Å². The largest absolute Gasteiger partial charge is 0.491 e. The molecule has 24 heavy (non-hydrogen) atoms. The number of fused-ring (bicyclic) bond motifs is 1. The van der Waals surface area contributed by atoms with Crippen LogP contribution in [0, 0.1) is 5.82 Å². The van der Waals surface area contributed by atoms with Gasteiger partial charge in [-0.05, 0) is 35.7 Å². The molecule has 1 aromatic heterocycles. The van der Waals surface area contributed by atoms with Crippen molar-refractivity contribution in [3.63, 3.8) is 0 Å². The molecule has 3 aromatic rings. The smallest absolute Gasteiger partial charge is 0.251 e. The summed E-state index contributed by atoms with van der Waals surface area (Å²) in [5.74, 6) is -0.358. The van der Waals surface area contributed by atoms with Crippen LogP contribution in [0.4, 0.5) is 4.39 Å². The van der Waals surface area contributed by atoms with Crippen LogP contribution in [0.1, 0.15) is 10.4 Å². The van der Waals surface area contributed by atoms with Crippen LogP contribution in [-0.4, -0.2) is 35.3 Å². The lowest BCUT2D eigenvalue weighted by molar-refractivity contribution is 0.0843. The summed E-state index contributed by atoms with van der Waals surface area (Å²) in [4.78, 5) is 15.1. The molecule has 5 nitrogen and oxygen atoms in total. The summed E-state index contributed by atoms with van der Waals surface area (Å²) in [5.41, 5.74) is 1.38. The molecule has 1 heterocycles. The zero-order chi connectivity index (χ0) is 16.9. The van der Waals surface area contributed by atoms with Gasteiger partial charge in [-0.3, -0.25) is 4.79 Å². The van der Waals surface area contributed by atoms with Gasteiger partial charge in [0.15, 0.2) is 0 Å². The lowest BCUT2D eigenvalue weighted by atomic mass is 10.1. The first-order chi connectivity index (χ1) is 11.6. The third kappa shape index (κ3) is 3.91. The van der Waals surface area contributed by atoms with Crippen molar-refractivity contribution in [2.45, 2.75) is 6.10 Å². The molecule has 0 aliphatic carbocycles. The molecule has 1 atom stereocenters. The van der Waals surface area contributed by atoms with Gasteiger partial charge in [0.1, 0.15) is 24.3 Å². The van der Waals surface area contributed by atoms with Crippen LogP contribution in [0.2, 0.25) is 0 Å². The number of aromatic amines is 1. The zero-order valence-electron chi connectivity index (χ0n) is 12.8. The van der Waals surface area contributed by atoms with Gasteiger partial charge < -0.3 is 20.1 Å². The van der Waals surface area contributed by atoms with Gasteiger partial charge in [0.25, 0.3) is 5.91 Å². The highest BCUT2D eigenvalue weighted by Crippen LogP contribution is 2.14. The standard InChI is InChI=1S/C18H17FN2O3/c19-14-2-1-3-16(9-14)24-11-15(22)10-21-18(23)13-5-4-12-6-7-20-17(12)8-13/h1-9,15,20,22H,10-11H2,(H,21,23). The van der Waals surface area contributed by atoms with E-state index in [-0.39, 0.29) is 19.1 Å². The van der Waals surface area contributed by atoms with E-state index < -0.39 is 11.9 Å². The first-order valence-electron chi connectivity index (χ1n) is 7.53. The Kier molecular flexibility index (Phi) is 4.77. The maximum absolute atomic E-state index is 13.0. The van der Waals surface area contributed by atoms with Crippen LogP contribution in [0.25, 0.3) is 10.9 Å². The molecule has 3 N–H and O–H groups in total. The molecule has 0 saturated carbocycles.